The van der Waals surface area contributed by atoms with Crippen LogP contribution in [0.3, 0.4) is 0 Å². The van der Waals surface area contributed by atoms with Crippen molar-refractivity contribution in [1.29, 1.82) is 0 Å². The maximum atomic E-state index is 12.9. The van der Waals surface area contributed by atoms with Gasteiger partial charge in [0.05, 0.1) is 16.8 Å². The average molecular weight is 403 g/mol. The van der Waals surface area contributed by atoms with E-state index >= 15 is 0 Å². The van der Waals surface area contributed by atoms with Crippen LogP contribution in [-0.4, -0.2) is 36.5 Å². The molecule has 8 heteroatoms. The first-order valence-corrected chi connectivity index (χ1v) is 9.42. The third kappa shape index (κ3) is 3.54. The van der Waals surface area contributed by atoms with E-state index in [1.165, 1.54) is 18.2 Å². The molecule has 0 aliphatic carbocycles. The highest BCUT2D eigenvalue weighted by Crippen LogP contribution is 2.35. The topological polar surface area (TPSA) is 52.7 Å². The lowest BCUT2D eigenvalue weighted by Gasteiger charge is -2.46. The molecule has 2 aliphatic rings. The molecular weight excluding hydrogens is 383 g/mol. The molecule has 2 aromatic carbocycles. The lowest BCUT2D eigenvalue weighted by Crippen LogP contribution is -2.55. The first kappa shape index (κ1) is 19.3. The Hall–Kier alpha value is -3.03. The van der Waals surface area contributed by atoms with Crippen molar-refractivity contribution in [1.82, 2.24) is 4.90 Å². The number of amides is 2. The van der Waals surface area contributed by atoms with Crippen LogP contribution in [0.1, 0.15) is 45.5 Å². The molecule has 1 fully saturated rings. The van der Waals surface area contributed by atoms with Crippen molar-refractivity contribution in [3.8, 4) is 0 Å². The van der Waals surface area contributed by atoms with E-state index in [2.05, 4.69) is 5.32 Å². The number of carbonyl (C=O) groups is 2. The zero-order valence-electron chi connectivity index (χ0n) is 15.8. The van der Waals surface area contributed by atoms with Crippen LogP contribution in [0.15, 0.2) is 42.5 Å². The highest BCUT2D eigenvalue weighted by molar-refractivity contribution is 6.08. The second kappa shape index (κ2) is 7.09. The number of hydrogen-bond donors (Lipinski definition) is 1. The molecule has 0 spiro atoms. The van der Waals surface area contributed by atoms with Crippen molar-refractivity contribution in [3.05, 3.63) is 59.2 Å². The number of anilines is 2. The minimum Gasteiger partial charge on any atom is -0.354 e. The van der Waals surface area contributed by atoms with Gasteiger partial charge in [0.2, 0.25) is 0 Å². The Bertz CT molecular complexity index is 974. The van der Waals surface area contributed by atoms with Crippen LogP contribution in [0, 0.1) is 0 Å². The molecule has 2 aliphatic heterocycles. The molecule has 1 atom stereocenters. The summed E-state index contributed by atoms with van der Waals surface area (Å²) in [5.41, 5.74) is 0.704. The zero-order chi connectivity index (χ0) is 20.8. The van der Waals surface area contributed by atoms with E-state index < -0.39 is 17.6 Å². The van der Waals surface area contributed by atoms with Crippen LogP contribution in [0.4, 0.5) is 24.5 Å². The predicted molar refractivity (Wildman–Crippen MR) is 103 cm³/mol. The second-order valence-corrected chi connectivity index (χ2v) is 7.35. The fraction of sp³-hybridized carbons (Fsp3) is 0.333. The Morgan fingerprint density at radius 3 is 2.69 bits per heavy atom. The van der Waals surface area contributed by atoms with Gasteiger partial charge in [-0.3, -0.25) is 9.59 Å². The number of rotatable bonds is 2. The number of benzene rings is 2. The van der Waals surface area contributed by atoms with Crippen molar-refractivity contribution in [2.24, 2.45) is 0 Å². The summed E-state index contributed by atoms with van der Waals surface area (Å²) >= 11 is 0. The summed E-state index contributed by atoms with van der Waals surface area (Å²) in [6.07, 6.45) is -1.65. The standard InChI is InChI=1S/C21H20F3N3O2/c1-26-17-11-13(8-9-16(17)20(29)27-10-3-2-7-18(26)27)19(28)25-15-6-4-5-14(12-15)21(22,23)24/h4-6,8-9,11-12,18H,2-3,7,10H2,1H3,(H,25,28)/t18-/m0/s1. The molecule has 5 nitrogen and oxygen atoms in total. The number of nitrogens with zero attached hydrogens (tertiary/aromatic N) is 2. The lowest BCUT2D eigenvalue weighted by atomic mass is 9.97. The molecule has 2 amide bonds. The van der Waals surface area contributed by atoms with Crippen LogP contribution in [0.2, 0.25) is 0 Å². The summed E-state index contributed by atoms with van der Waals surface area (Å²) in [5, 5.41) is 2.51. The van der Waals surface area contributed by atoms with Gasteiger partial charge >= 0.3 is 6.18 Å². The fourth-order valence-corrected chi connectivity index (χ4v) is 3.99. The summed E-state index contributed by atoms with van der Waals surface area (Å²) < 4.78 is 38.6. The number of carbonyl (C=O) groups excluding carboxylic acids is 2. The van der Waals surface area contributed by atoms with Gasteiger partial charge in [-0.1, -0.05) is 6.07 Å². The molecular formula is C21H20F3N3O2. The van der Waals surface area contributed by atoms with E-state index in [0.29, 0.717) is 17.8 Å². The van der Waals surface area contributed by atoms with Gasteiger partial charge in [-0.15, -0.1) is 0 Å². The van der Waals surface area contributed by atoms with Crippen molar-refractivity contribution in [2.45, 2.75) is 31.6 Å². The molecule has 1 N–H and O–H groups in total. The first-order valence-electron chi connectivity index (χ1n) is 9.42. The normalized spacial score (nSPS) is 18.9. The molecule has 0 bridgehead atoms. The SMILES string of the molecule is CN1c2cc(C(=O)Nc3cccc(C(F)(F)F)c3)ccc2C(=O)N2CCCC[C@H]21. The number of piperidine rings is 1. The molecule has 29 heavy (non-hydrogen) atoms. The van der Waals surface area contributed by atoms with Crippen molar-refractivity contribution < 1.29 is 22.8 Å². The van der Waals surface area contributed by atoms with Gasteiger partial charge < -0.3 is 15.1 Å². The number of fused-ring (bicyclic) bond motifs is 2. The van der Waals surface area contributed by atoms with Crippen molar-refractivity contribution >= 4 is 23.2 Å². The maximum absolute atomic E-state index is 12.9. The highest BCUT2D eigenvalue weighted by atomic mass is 19.4. The van der Waals surface area contributed by atoms with Gasteiger partial charge in [-0.25, -0.2) is 0 Å². The molecule has 1 saturated heterocycles. The van der Waals surface area contributed by atoms with Gasteiger partial charge in [0.25, 0.3) is 11.8 Å². The van der Waals surface area contributed by atoms with E-state index in [1.807, 2.05) is 16.8 Å². The van der Waals surface area contributed by atoms with Crippen LogP contribution < -0.4 is 10.2 Å². The van der Waals surface area contributed by atoms with Crippen LogP contribution in [-0.2, 0) is 6.18 Å². The minimum atomic E-state index is -4.48. The number of alkyl halides is 3. The monoisotopic (exact) mass is 403 g/mol. The molecule has 4 rings (SSSR count). The summed E-state index contributed by atoms with van der Waals surface area (Å²) in [6, 6.07) is 9.26. The molecule has 2 aromatic rings. The fourth-order valence-electron chi connectivity index (χ4n) is 3.99. The highest BCUT2D eigenvalue weighted by Gasteiger charge is 2.37. The maximum Gasteiger partial charge on any atom is 0.416 e. The molecule has 0 aromatic heterocycles. The summed E-state index contributed by atoms with van der Waals surface area (Å²) in [6.45, 7) is 0.713. The third-order valence-corrected chi connectivity index (χ3v) is 5.50. The minimum absolute atomic E-state index is 0.0365. The Labute approximate surface area is 166 Å². The van der Waals surface area contributed by atoms with E-state index in [1.54, 1.807) is 12.1 Å². The molecule has 0 unspecified atom stereocenters. The van der Waals surface area contributed by atoms with E-state index in [9.17, 15) is 22.8 Å². The van der Waals surface area contributed by atoms with Crippen molar-refractivity contribution in [2.75, 3.05) is 23.8 Å². The zero-order valence-corrected chi connectivity index (χ0v) is 15.8. The molecule has 0 saturated carbocycles. The van der Waals surface area contributed by atoms with Gasteiger partial charge in [-0.2, -0.15) is 13.2 Å². The largest absolute Gasteiger partial charge is 0.416 e. The quantitative estimate of drug-likeness (QED) is 0.811. The number of halogens is 3. The predicted octanol–water partition coefficient (Wildman–Crippen LogP) is 4.36. The van der Waals surface area contributed by atoms with E-state index in [-0.39, 0.29) is 23.3 Å². The molecule has 0 radical (unpaired) electrons. The van der Waals surface area contributed by atoms with Crippen LogP contribution in [0.5, 0.6) is 0 Å². The number of hydrogen-bond acceptors (Lipinski definition) is 3. The smallest absolute Gasteiger partial charge is 0.354 e. The molecule has 152 valence electrons. The Morgan fingerprint density at radius 2 is 1.93 bits per heavy atom. The summed E-state index contributed by atoms with van der Waals surface area (Å²) in [7, 11) is 1.89. The molecule has 2 heterocycles. The number of nitrogens with one attached hydrogen (secondary N) is 1. The lowest BCUT2D eigenvalue weighted by molar-refractivity contribution is -0.137. The Balaban J connectivity index is 1.60. The third-order valence-electron chi connectivity index (χ3n) is 5.50. The Morgan fingerprint density at radius 1 is 1.14 bits per heavy atom. The van der Waals surface area contributed by atoms with Gasteiger partial charge in [0, 0.05) is 24.8 Å². The summed E-state index contributed by atoms with van der Waals surface area (Å²) in [4.78, 5) is 29.3. The Kier molecular flexibility index (Phi) is 4.72. The van der Waals surface area contributed by atoms with Gasteiger partial charge in [0.15, 0.2) is 0 Å². The summed E-state index contributed by atoms with van der Waals surface area (Å²) in [5.74, 6) is -0.577. The first-order chi connectivity index (χ1) is 13.8. The van der Waals surface area contributed by atoms with Gasteiger partial charge in [-0.05, 0) is 55.7 Å². The van der Waals surface area contributed by atoms with E-state index in [4.69, 9.17) is 0 Å². The van der Waals surface area contributed by atoms with Crippen LogP contribution >= 0.6 is 0 Å². The van der Waals surface area contributed by atoms with Crippen LogP contribution in [0.25, 0.3) is 0 Å². The second-order valence-electron chi connectivity index (χ2n) is 7.35. The van der Waals surface area contributed by atoms with Crippen molar-refractivity contribution in [3.63, 3.8) is 0 Å². The average Bonchev–Trinajstić information content (AvgIpc) is 2.71. The van der Waals surface area contributed by atoms with E-state index in [0.717, 1.165) is 31.4 Å². The van der Waals surface area contributed by atoms with Gasteiger partial charge in [0.1, 0.15) is 6.17 Å².